The average Bonchev–Trinajstić information content (AvgIpc) is 2.69. The standard InChI is InChI=1S/C13H27N3O2/c1-5-11(2)12-13(17)16(10-14-12)7-9-18-8-6-15(3)4/h11-12,14H,5-10H2,1-4H3. The van der Waals surface area contributed by atoms with E-state index in [1.807, 2.05) is 19.0 Å². The first-order chi connectivity index (χ1) is 8.56. The van der Waals surface area contributed by atoms with E-state index >= 15 is 0 Å². The molecule has 2 atom stereocenters. The number of carbonyl (C=O) groups excluding carboxylic acids is 1. The molecule has 1 amide bonds. The minimum atomic E-state index is -0.00299. The monoisotopic (exact) mass is 257 g/mol. The van der Waals surface area contributed by atoms with E-state index in [9.17, 15) is 4.79 Å². The molecule has 18 heavy (non-hydrogen) atoms. The maximum absolute atomic E-state index is 12.1. The molecule has 0 bridgehead atoms. The number of hydrogen-bond donors (Lipinski definition) is 1. The number of likely N-dealkylation sites (N-methyl/N-ethyl adjacent to an activating group) is 1. The largest absolute Gasteiger partial charge is 0.378 e. The van der Waals surface area contributed by atoms with Gasteiger partial charge in [-0.05, 0) is 20.0 Å². The third kappa shape index (κ3) is 4.55. The molecule has 0 aliphatic carbocycles. The van der Waals surface area contributed by atoms with Crippen molar-refractivity contribution in [2.75, 3.05) is 47.1 Å². The molecule has 2 unspecified atom stereocenters. The molecule has 5 heteroatoms. The average molecular weight is 257 g/mol. The lowest BCUT2D eigenvalue weighted by Crippen LogP contribution is -2.36. The van der Waals surface area contributed by atoms with E-state index in [0.717, 1.165) is 19.6 Å². The summed E-state index contributed by atoms with van der Waals surface area (Å²) < 4.78 is 5.51. The van der Waals surface area contributed by atoms with Gasteiger partial charge in [-0.2, -0.15) is 0 Å². The molecule has 0 spiro atoms. The zero-order valence-electron chi connectivity index (χ0n) is 12.1. The lowest BCUT2D eigenvalue weighted by atomic mass is 9.99. The molecular weight excluding hydrogens is 230 g/mol. The summed E-state index contributed by atoms with van der Waals surface area (Å²) in [6.07, 6.45) is 1.02. The van der Waals surface area contributed by atoms with E-state index in [2.05, 4.69) is 24.1 Å². The summed E-state index contributed by atoms with van der Waals surface area (Å²) in [6, 6.07) is -0.00299. The molecular formula is C13H27N3O2. The Balaban J connectivity index is 2.18. The quantitative estimate of drug-likeness (QED) is 0.638. The molecule has 0 radical (unpaired) electrons. The van der Waals surface area contributed by atoms with Gasteiger partial charge in [-0.1, -0.05) is 20.3 Å². The third-order valence-electron chi connectivity index (χ3n) is 3.48. The molecule has 1 heterocycles. The number of ether oxygens (including phenoxy) is 1. The van der Waals surface area contributed by atoms with Gasteiger partial charge >= 0.3 is 0 Å². The molecule has 0 aromatic rings. The van der Waals surface area contributed by atoms with Crippen LogP contribution in [0.5, 0.6) is 0 Å². The SMILES string of the molecule is CCC(C)C1NCN(CCOCCN(C)C)C1=O. The van der Waals surface area contributed by atoms with Gasteiger partial charge in [0.25, 0.3) is 0 Å². The zero-order valence-corrected chi connectivity index (χ0v) is 12.1. The maximum atomic E-state index is 12.1. The molecule has 0 saturated carbocycles. The fourth-order valence-corrected chi connectivity index (χ4v) is 1.96. The van der Waals surface area contributed by atoms with E-state index in [1.165, 1.54) is 0 Å². The molecule has 1 saturated heterocycles. The van der Waals surface area contributed by atoms with Crippen LogP contribution in [0.3, 0.4) is 0 Å². The predicted molar refractivity (Wildman–Crippen MR) is 72.3 cm³/mol. The summed E-state index contributed by atoms with van der Waals surface area (Å²) in [5.74, 6) is 0.623. The number of carbonyl (C=O) groups is 1. The van der Waals surface area contributed by atoms with Crippen LogP contribution in [0.15, 0.2) is 0 Å². The Morgan fingerprint density at radius 1 is 1.50 bits per heavy atom. The van der Waals surface area contributed by atoms with Gasteiger partial charge in [0.1, 0.15) is 0 Å². The van der Waals surface area contributed by atoms with E-state index in [-0.39, 0.29) is 11.9 Å². The number of hydrogen-bond acceptors (Lipinski definition) is 4. The van der Waals surface area contributed by atoms with Gasteiger partial charge < -0.3 is 14.5 Å². The van der Waals surface area contributed by atoms with Crippen molar-refractivity contribution < 1.29 is 9.53 Å². The number of rotatable bonds is 8. The fourth-order valence-electron chi connectivity index (χ4n) is 1.96. The Morgan fingerprint density at radius 3 is 2.83 bits per heavy atom. The van der Waals surface area contributed by atoms with Gasteiger partial charge in [0.05, 0.1) is 25.9 Å². The number of nitrogens with one attached hydrogen (secondary N) is 1. The summed E-state index contributed by atoms with van der Waals surface area (Å²) in [6.45, 7) is 7.84. The van der Waals surface area contributed by atoms with Gasteiger partial charge in [0, 0.05) is 13.1 Å². The van der Waals surface area contributed by atoms with Gasteiger partial charge in [-0.25, -0.2) is 0 Å². The van der Waals surface area contributed by atoms with Crippen LogP contribution < -0.4 is 5.32 Å². The summed E-state index contributed by atoms with van der Waals surface area (Å²) in [7, 11) is 4.04. The first kappa shape index (κ1) is 15.4. The van der Waals surface area contributed by atoms with Crippen LogP contribution in [0.4, 0.5) is 0 Å². The lowest BCUT2D eigenvalue weighted by molar-refractivity contribution is -0.130. The molecule has 1 rings (SSSR count). The second-order valence-corrected chi connectivity index (χ2v) is 5.24. The van der Waals surface area contributed by atoms with Crippen LogP contribution in [-0.4, -0.2) is 68.8 Å². The van der Waals surface area contributed by atoms with Crippen LogP contribution >= 0.6 is 0 Å². The van der Waals surface area contributed by atoms with Gasteiger partial charge in [-0.15, -0.1) is 0 Å². The highest BCUT2D eigenvalue weighted by atomic mass is 16.5. The summed E-state index contributed by atoms with van der Waals surface area (Å²) in [4.78, 5) is 16.0. The van der Waals surface area contributed by atoms with Crippen molar-refractivity contribution in [2.45, 2.75) is 26.3 Å². The molecule has 1 aliphatic heterocycles. The normalized spacial score (nSPS) is 21.9. The molecule has 1 N–H and O–H groups in total. The molecule has 106 valence electrons. The van der Waals surface area contributed by atoms with Crippen molar-refractivity contribution in [1.29, 1.82) is 0 Å². The van der Waals surface area contributed by atoms with Crippen molar-refractivity contribution in [3.63, 3.8) is 0 Å². The maximum Gasteiger partial charge on any atom is 0.241 e. The van der Waals surface area contributed by atoms with Crippen molar-refractivity contribution in [2.24, 2.45) is 5.92 Å². The minimum absolute atomic E-state index is 0.00299. The summed E-state index contributed by atoms with van der Waals surface area (Å²) >= 11 is 0. The Morgan fingerprint density at radius 2 is 2.22 bits per heavy atom. The Kier molecular flexibility index (Phi) is 6.60. The van der Waals surface area contributed by atoms with E-state index in [1.54, 1.807) is 0 Å². The first-order valence-electron chi connectivity index (χ1n) is 6.81. The Bertz CT molecular complexity index is 259. The zero-order chi connectivity index (χ0) is 13.5. The van der Waals surface area contributed by atoms with Crippen molar-refractivity contribution in [1.82, 2.24) is 15.1 Å². The van der Waals surface area contributed by atoms with Crippen molar-refractivity contribution in [3.05, 3.63) is 0 Å². The highest BCUT2D eigenvalue weighted by Gasteiger charge is 2.33. The number of amides is 1. The van der Waals surface area contributed by atoms with E-state index in [4.69, 9.17) is 4.74 Å². The summed E-state index contributed by atoms with van der Waals surface area (Å²) in [5, 5.41) is 3.28. The molecule has 1 fully saturated rings. The van der Waals surface area contributed by atoms with Crippen LogP contribution in [0.25, 0.3) is 0 Å². The van der Waals surface area contributed by atoms with Crippen LogP contribution in [0.2, 0.25) is 0 Å². The third-order valence-corrected chi connectivity index (χ3v) is 3.48. The van der Waals surface area contributed by atoms with E-state index in [0.29, 0.717) is 25.7 Å². The Labute approximate surface area is 110 Å². The number of nitrogens with zero attached hydrogens (tertiary/aromatic N) is 2. The highest BCUT2D eigenvalue weighted by molar-refractivity contribution is 5.84. The molecule has 0 aromatic carbocycles. The minimum Gasteiger partial charge on any atom is -0.378 e. The highest BCUT2D eigenvalue weighted by Crippen LogP contribution is 2.14. The van der Waals surface area contributed by atoms with Gasteiger partial charge in [0.15, 0.2) is 0 Å². The fraction of sp³-hybridized carbons (Fsp3) is 0.923. The molecule has 1 aliphatic rings. The predicted octanol–water partition coefficient (Wildman–Crippen LogP) is 0.369. The van der Waals surface area contributed by atoms with E-state index < -0.39 is 0 Å². The van der Waals surface area contributed by atoms with Crippen molar-refractivity contribution in [3.8, 4) is 0 Å². The summed E-state index contributed by atoms with van der Waals surface area (Å²) in [5.41, 5.74) is 0. The van der Waals surface area contributed by atoms with Gasteiger partial charge in [0.2, 0.25) is 5.91 Å². The van der Waals surface area contributed by atoms with Crippen LogP contribution in [0, 0.1) is 5.92 Å². The Hall–Kier alpha value is -0.650. The molecule has 0 aromatic heterocycles. The first-order valence-corrected chi connectivity index (χ1v) is 6.81. The lowest BCUT2D eigenvalue weighted by Gasteiger charge is -2.18. The second-order valence-electron chi connectivity index (χ2n) is 5.24. The topological polar surface area (TPSA) is 44.8 Å². The second kappa shape index (κ2) is 7.71. The van der Waals surface area contributed by atoms with Crippen LogP contribution in [0.1, 0.15) is 20.3 Å². The van der Waals surface area contributed by atoms with Gasteiger partial charge in [-0.3, -0.25) is 10.1 Å². The van der Waals surface area contributed by atoms with Crippen LogP contribution in [-0.2, 0) is 9.53 Å². The molecule has 5 nitrogen and oxygen atoms in total. The smallest absolute Gasteiger partial charge is 0.241 e. The van der Waals surface area contributed by atoms with Crippen molar-refractivity contribution >= 4 is 5.91 Å².